The number of rotatable bonds is 2. The normalized spacial score (nSPS) is 34.3. The first-order valence-corrected chi connectivity index (χ1v) is 3.65. The molecule has 0 amide bonds. The van der Waals surface area contributed by atoms with E-state index in [0.29, 0.717) is 13.0 Å². The van der Waals surface area contributed by atoms with Crippen LogP contribution < -0.4 is 5.32 Å². The fourth-order valence-electron chi connectivity index (χ4n) is 1.42. The Morgan fingerprint density at radius 1 is 1.83 bits per heavy atom. The summed E-state index contributed by atoms with van der Waals surface area (Å²) in [6, 6.07) is 0. The van der Waals surface area contributed by atoms with Gasteiger partial charge in [-0.05, 0) is 19.9 Å². The van der Waals surface area contributed by atoms with E-state index in [-0.39, 0.29) is 18.3 Å². The van der Waals surface area contributed by atoms with Gasteiger partial charge in [-0.25, -0.2) is 0 Å². The number of carboxylic acid groups (broad SMARTS) is 1. The predicted octanol–water partition coefficient (Wildman–Crippen LogP) is 0.830. The summed E-state index contributed by atoms with van der Waals surface area (Å²) in [6.07, 6.45) is 0.610. The maximum Gasteiger partial charge on any atom is 0.323 e. The Balaban J connectivity index is 0.00000121. The van der Waals surface area contributed by atoms with Crippen molar-refractivity contribution in [2.24, 2.45) is 5.92 Å². The van der Waals surface area contributed by atoms with Crippen LogP contribution in [-0.2, 0) is 4.79 Å². The summed E-state index contributed by atoms with van der Waals surface area (Å²) in [5, 5.41) is 11.5. The smallest absolute Gasteiger partial charge is 0.323 e. The van der Waals surface area contributed by atoms with Crippen molar-refractivity contribution >= 4 is 18.4 Å². The van der Waals surface area contributed by atoms with Crippen LogP contribution in [0.5, 0.6) is 0 Å². The molecule has 0 aliphatic carbocycles. The van der Waals surface area contributed by atoms with E-state index in [9.17, 15) is 9.18 Å². The molecule has 12 heavy (non-hydrogen) atoms. The molecule has 2 atom stereocenters. The number of aliphatic carboxylic acids is 1. The molecule has 0 aromatic carbocycles. The Morgan fingerprint density at radius 2 is 2.42 bits per heavy atom. The van der Waals surface area contributed by atoms with E-state index in [0.717, 1.165) is 0 Å². The molecule has 0 aromatic rings. The summed E-state index contributed by atoms with van der Waals surface area (Å²) < 4.78 is 12.3. The van der Waals surface area contributed by atoms with E-state index in [1.54, 1.807) is 0 Å². The van der Waals surface area contributed by atoms with Crippen molar-refractivity contribution in [1.82, 2.24) is 5.32 Å². The van der Waals surface area contributed by atoms with Gasteiger partial charge in [0, 0.05) is 5.92 Å². The number of hydrogen-bond donors (Lipinski definition) is 2. The second-order valence-corrected chi connectivity index (χ2v) is 3.07. The van der Waals surface area contributed by atoms with Crippen LogP contribution in [0.25, 0.3) is 0 Å². The van der Waals surface area contributed by atoms with E-state index in [2.05, 4.69) is 5.32 Å². The summed E-state index contributed by atoms with van der Waals surface area (Å²) in [4.78, 5) is 10.7. The minimum absolute atomic E-state index is 0. The first-order chi connectivity index (χ1) is 5.11. The molecule has 2 N–H and O–H groups in total. The lowest BCUT2D eigenvalue weighted by Crippen LogP contribution is -2.49. The number of halogens is 2. The zero-order valence-corrected chi connectivity index (χ0v) is 7.66. The van der Waals surface area contributed by atoms with E-state index < -0.39 is 18.2 Å². The lowest BCUT2D eigenvalue weighted by molar-refractivity contribution is -0.145. The molecular weight excluding hydrogens is 185 g/mol. The maximum atomic E-state index is 12.3. The van der Waals surface area contributed by atoms with Crippen molar-refractivity contribution in [1.29, 1.82) is 0 Å². The topological polar surface area (TPSA) is 49.3 Å². The molecule has 1 fully saturated rings. The zero-order valence-electron chi connectivity index (χ0n) is 6.84. The van der Waals surface area contributed by atoms with Gasteiger partial charge >= 0.3 is 5.97 Å². The van der Waals surface area contributed by atoms with Crippen LogP contribution in [-0.4, -0.2) is 29.8 Å². The highest BCUT2D eigenvalue weighted by Crippen LogP contribution is 2.26. The molecule has 0 bridgehead atoms. The van der Waals surface area contributed by atoms with E-state index in [1.807, 2.05) is 0 Å². The minimum Gasteiger partial charge on any atom is -0.480 e. The first-order valence-electron chi connectivity index (χ1n) is 3.65. The largest absolute Gasteiger partial charge is 0.480 e. The van der Waals surface area contributed by atoms with Gasteiger partial charge in [0.15, 0.2) is 0 Å². The molecule has 1 heterocycles. The second-order valence-electron chi connectivity index (χ2n) is 3.07. The van der Waals surface area contributed by atoms with Gasteiger partial charge in [0.1, 0.15) is 5.54 Å². The van der Waals surface area contributed by atoms with Crippen LogP contribution in [0.3, 0.4) is 0 Å². The van der Waals surface area contributed by atoms with Crippen LogP contribution in [0.2, 0.25) is 0 Å². The predicted molar refractivity (Wildman–Crippen MR) is 45.4 cm³/mol. The summed E-state index contributed by atoms with van der Waals surface area (Å²) in [5.74, 6) is -1.34. The van der Waals surface area contributed by atoms with E-state index in [4.69, 9.17) is 5.11 Å². The molecular formula is C7H13ClFNO2. The number of hydrogen-bond acceptors (Lipinski definition) is 2. The van der Waals surface area contributed by atoms with Crippen molar-refractivity contribution in [3.63, 3.8) is 0 Å². The van der Waals surface area contributed by atoms with Gasteiger partial charge in [0.2, 0.25) is 0 Å². The first kappa shape index (κ1) is 11.6. The quantitative estimate of drug-likeness (QED) is 0.690. The van der Waals surface area contributed by atoms with E-state index in [1.165, 1.54) is 6.92 Å². The van der Waals surface area contributed by atoms with Crippen molar-refractivity contribution < 1.29 is 14.3 Å². The summed E-state index contributed by atoms with van der Waals surface area (Å²) >= 11 is 0. The van der Waals surface area contributed by atoms with Gasteiger partial charge in [-0.15, -0.1) is 12.4 Å². The molecule has 72 valence electrons. The van der Waals surface area contributed by atoms with Gasteiger partial charge < -0.3 is 10.4 Å². The average Bonchev–Trinajstić information content (AvgIpc) is 2.32. The monoisotopic (exact) mass is 197 g/mol. The molecule has 0 aromatic heterocycles. The standard InChI is InChI=1S/C7H12FNO2.ClH/c1-7(6(10)11)5(4-8)2-3-9-7;/h5,9H,2-4H2,1H3,(H,10,11);1H/t5-,7-;/m1./s1. The molecule has 0 saturated carbocycles. The van der Waals surface area contributed by atoms with Gasteiger partial charge in [-0.1, -0.05) is 0 Å². The highest BCUT2D eigenvalue weighted by atomic mass is 35.5. The highest BCUT2D eigenvalue weighted by molar-refractivity contribution is 5.85. The Labute approximate surface area is 76.7 Å². The van der Waals surface area contributed by atoms with Gasteiger partial charge in [-0.2, -0.15) is 0 Å². The lowest BCUT2D eigenvalue weighted by atomic mass is 9.89. The van der Waals surface area contributed by atoms with Crippen molar-refractivity contribution in [3.05, 3.63) is 0 Å². The zero-order chi connectivity index (χ0) is 8.48. The van der Waals surface area contributed by atoms with Crippen molar-refractivity contribution in [2.75, 3.05) is 13.2 Å². The van der Waals surface area contributed by atoms with Gasteiger partial charge in [0.05, 0.1) is 6.67 Å². The third-order valence-corrected chi connectivity index (χ3v) is 2.43. The SMILES string of the molecule is C[C@@]1(C(=O)O)NCC[C@@H]1CF.Cl. The second kappa shape index (κ2) is 4.05. The summed E-state index contributed by atoms with van der Waals surface area (Å²) in [6.45, 7) is 1.57. The third kappa shape index (κ3) is 1.69. The van der Waals surface area contributed by atoms with Crippen LogP contribution in [0.1, 0.15) is 13.3 Å². The van der Waals surface area contributed by atoms with Gasteiger partial charge in [0.25, 0.3) is 0 Å². The average molecular weight is 198 g/mol. The molecule has 0 radical (unpaired) electrons. The highest BCUT2D eigenvalue weighted by Gasteiger charge is 2.44. The Hall–Kier alpha value is -0.350. The summed E-state index contributed by atoms with van der Waals surface area (Å²) in [7, 11) is 0. The van der Waals surface area contributed by atoms with E-state index >= 15 is 0 Å². The van der Waals surface area contributed by atoms with Crippen LogP contribution in [0, 0.1) is 5.92 Å². The number of carboxylic acids is 1. The molecule has 3 nitrogen and oxygen atoms in total. The van der Waals surface area contributed by atoms with Crippen LogP contribution >= 0.6 is 12.4 Å². The third-order valence-electron chi connectivity index (χ3n) is 2.43. The molecule has 0 unspecified atom stereocenters. The number of alkyl halides is 1. The van der Waals surface area contributed by atoms with Crippen molar-refractivity contribution in [3.8, 4) is 0 Å². The van der Waals surface area contributed by atoms with Crippen LogP contribution in [0.4, 0.5) is 4.39 Å². The molecule has 0 spiro atoms. The molecule has 1 rings (SSSR count). The van der Waals surface area contributed by atoms with Crippen molar-refractivity contribution in [2.45, 2.75) is 18.9 Å². The summed E-state index contributed by atoms with van der Waals surface area (Å²) in [5.41, 5.74) is -1.05. The van der Waals surface area contributed by atoms with Crippen LogP contribution in [0.15, 0.2) is 0 Å². The molecule has 1 aliphatic heterocycles. The Kier molecular flexibility index (Phi) is 3.93. The fraction of sp³-hybridized carbons (Fsp3) is 0.857. The van der Waals surface area contributed by atoms with Gasteiger partial charge in [-0.3, -0.25) is 9.18 Å². The number of nitrogens with one attached hydrogen (secondary N) is 1. The number of carbonyl (C=O) groups is 1. The lowest BCUT2D eigenvalue weighted by Gasteiger charge is -2.24. The molecule has 1 saturated heterocycles. The Bertz CT molecular complexity index is 179. The maximum absolute atomic E-state index is 12.3. The Morgan fingerprint density at radius 3 is 2.75 bits per heavy atom. The fourth-order valence-corrected chi connectivity index (χ4v) is 1.42. The molecule has 1 aliphatic rings. The minimum atomic E-state index is -1.05. The molecule has 5 heteroatoms.